The lowest BCUT2D eigenvalue weighted by molar-refractivity contribution is -0.125. The quantitative estimate of drug-likeness (QED) is 0.591. The highest BCUT2D eigenvalue weighted by molar-refractivity contribution is 7.22. The van der Waals surface area contributed by atoms with Crippen molar-refractivity contribution in [1.82, 2.24) is 19.9 Å². The second-order valence-electron chi connectivity index (χ2n) is 7.90. The van der Waals surface area contributed by atoms with Crippen molar-refractivity contribution in [2.75, 3.05) is 29.9 Å². The molecule has 0 bridgehead atoms. The molecule has 3 heterocycles. The van der Waals surface area contributed by atoms with Crippen LogP contribution >= 0.6 is 11.3 Å². The minimum atomic E-state index is -0.295. The maximum absolute atomic E-state index is 12.9. The van der Waals surface area contributed by atoms with Gasteiger partial charge in [-0.2, -0.15) is 4.98 Å². The SMILES string of the molecule is CCNC(=O)C1CCN(c2nc3ncn(CC(=O)Nc4cccc(C)c4)c(=O)c3s2)CC1. The van der Waals surface area contributed by atoms with Crippen LogP contribution in [-0.2, 0) is 16.1 Å². The van der Waals surface area contributed by atoms with Crippen LogP contribution in [0.3, 0.4) is 0 Å². The van der Waals surface area contributed by atoms with Gasteiger partial charge in [-0.3, -0.25) is 19.0 Å². The predicted octanol–water partition coefficient (Wildman–Crippen LogP) is 2.15. The number of carbonyl (C=O) groups excluding carboxylic acids is 2. The predicted molar refractivity (Wildman–Crippen MR) is 125 cm³/mol. The van der Waals surface area contributed by atoms with Gasteiger partial charge in [0.05, 0.1) is 0 Å². The smallest absolute Gasteiger partial charge is 0.273 e. The molecule has 2 amide bonds. The number of carbonyl (C=O) groups is 2. The Balaban J connectivity index is 1.45. The molecule has 0 saturated carbocycles. The number of rotatable bonds is 6. The van der Waals surface area contributed by atoms with Crippen molar-refractivity contribution in [1.29, 1.82) is 0 Å². The Morgan fingerprint density at radius 2 is 2.03 bits per heavy atom. The maximum atomic E-state index is 12.9. The third-order valence-electron chi connectivity index (χ3n) is 5.48. The van der Waals surface area contributed by atoms with E-state index in [0.29, 0.717) is 35.7 Å². The van der Waals surface area contributed by atoms with Crippen molar-refractivity contribution in [3.05, 3.63) is 46.5 Å². The summed E-state index contributed by atoms with van der Waals surface area (Å²) in [5.74, 6) is -0.177. The van der Waals surface area contributed by atoms with Crippen molar-refractivity contribution >= 4 is 44.3 Å². The molecule has 0 atom stereocenters. The zero-order valence-electron chi connectivity index (χ0n) is 18.1. The number of thiazole rings is 1. The third kappa shape index (κ3) is 4.80. The van der Waals surface area contributed by atoms with Crippen LogP contribution in [0.1, 0.15) is 25.3 Å². The molecule has 168 valence electrons. The number of anilines is 2. The van der Waals surface area contributed by atoms with E-state index in [1.807, 2.05) is 32.0 Å². The number of aryl methyl sites for hydroxylation is 1. The number of nitrogens with one attached hydrogen (secondary N) is 2. The van der Waals surface area contributed by atoms with Gasteiger partial charge in [0.15, 0.2) is 10.8 Å². The lowest BCUT2D eigenvalue weighted by Crippen LogP contribution is -2.40. The summed E-state index contributed by atoms with van der Waals surface area (Å²) in [6.07, 6.45) is 2.86. The zero-order chi connectivity index (χ0) is 22.7. The average molecular weight is 455 g/mol. The summed E-state index contributed by atoms with van der Waals surface area (Å²) in [6.45, 7) is 5.78. The van der Waals surface area contributed by atoms with Gasteiger partial charge in [-0.15, -0.1) is 0 Å². The monoisotopic (exact) mass is 454 g/mol. The number of nitrogens with zero attached hydrogens (tertiary/aromatic N) is 4. The molecule has 0 spiro atoms. The molecule has 2 N–H and O–H groups in total. The van der Waals surface area contributed by atoms with E-state index in [0.717, 1.165) is 23.5 Å². The van der Waals surface area contributed by atoms with Crippen LogP contribution in [0.4, 0.5) is 10.8 Å². The van der Waals surface area contributed by atoms with Crippen LogP contribution in [0, 0.1) is 12.8 Å². The second kappa shape index (κ2) is 9.47. The standard InChI is InChI=1S/C22H26N6O3S/c1-3-23-20(30)15-7-9-27(10-8-15)22-26-19-18(32-22)21(31)28(13-24-19)12-17(29)25-16-6-4-5-14(2)11-16/h4-6,11,13,15H,3,7-10,12H2,1-2H3,(H,23,30)(H,25,29). The average Bonchev–Trinajstić information content (AvgIpc) is 3.21. The highest BCUT2D eigenvalue weighted by Crippen LogP contribution is 2.29. The Labute approximate surface area is 189 Å². The Morgan fingerprint density at radius 1 is 1.25 bits per heavy atom. The molecule has 9 nitrogen and oxygen atoms in total. The maximum Gasteiger partial charge on any atom is 0.273 e. The largest absolute Gasteiger partial charge is 0.356 e. The number of hydrogen-bond donors (Lipinski definition) is 2. The van der Waals surface area contributed by atoms with Crippen LogP contribution in [0.2, 0.25) is 0 Å². The van der Waals surface area contributed by atoms with Crippen LogP contribution < -0.4 is 21.1 Å². The normalized spacial score (nSPS) is 14.5. The van der Waals surface area contributed by atoms with E-state index < -0.39 is 0 Å². The zero-order valence-corrected chi connectivity index (χ0v) is 18.9. The Morgan fingerprint density at radius 3 is 2.75 bits per heavy atom. The lowest BCUT2D eigenvalue weighted by Gasteiger charge is -2.30. The van der Waals surface area contributed by atoms with Gasteiger partial charge in [-0.25, -0.2) is 4.98 Å². The van der Waals surface area contributed by atoms with E-state index in [4.69, 9.17) is 0 Å². The van der Waals surface area contributed by atoms with E-state index >= 15 is 0 Å². The van der Waals surface area contributed by atoms with Gasteiger partial charge >= 0.3 is 0 Å². The molecule has 0 radical (unpaired) electrons. The van der Waals surface area contributed by atoms with Gasteiger partial charge < -0.3 is 15.5 Å². The minimum absolute atomic E-state index is 0.0165. The molecular formula is C22H26N6O3S. The molecule has 1 aliphatic heterocycles. The van der Waals surface area contributed by atoms with Crippen molar-refractivity contribution < 1.29 is 9.59 Å². The number of fused-ring (bicyclic) bond motifs is 1. The van der Waals surface area contributed by atoms with Crippen molar-refractivity contribution in [3.63, 3.8) is 0 Å². The summed E-state index contributed by atoms with van der Waals surface area (Å²) < 4.78 is 1.73. The number of amides is 2. The van der Waals surface area contributed by atoms with E-state index in [-0.39, 0.29) is 29.8 Å². The second-order valence-corrected chi connectivity index (χ2v) is 8.88. The molecule has 4 rings (SSSR count). The molecule has 2 aromatic heterocycles. The molecule has 32 heavy (non-hydrogen) atoms. The molecular weight excluding hydrogens is 428 g/mol. The van der Waals surface area contributed by atoms with Gasteiger partial charge in [-0.1, -0.05) is 23.5 Å². The van der Waals surface area contributed by atoms with E-state index in [2.05, 4.69) is 25.5 Å². The summed E-state index contributed by atoms with van der Waals surface area (Å²) in [5, 5.41) is 6.41. The summed E-state index contributed by atoms with van der Waals surface area (Å²) in [7, 11) is 0. The fourth-order valence-electron chi connectivity index (χ4n) is 3.81. The fraction of sp³-hybridized carbons (Fsp3) is 0.409. The molecule has 1 fully saturated rings. The number of aromatic nitrogens is 3. The number of benzene rings is 1. The number of hydrogen-bond acceptors (Lipinski definition) is 7. The Kier molecular flexibility index (Phi) is 6.50. The van der Waals surface area contributed by atoms with E-state index in [1.165, 1.54) is 22.2 Å². The lowest BCUT2D eigenvalue weighted by atomic mass is 9.96. The molecule has 1 saturated heterocycles. The molecule has 0 unspecified atom stereocenters. The van der Waals surface area contributed by atoms with Gasteiger partial charge in [0.2, 0.25) is 11.8 Å². The van der Waals surface area contributed by atoms with Crippen LogP contribution in [-0.4, -0.2) is 46.0 Å². The van der Waals surface area contributed by atoms with Crippen LogP contribution in [0.25, 0.3) is 10.3 Å². The fourth-order valence-corrected chi connectivity index (χ4v) is 4.83. The van der Waals surface area contributed by atoms with Crippen molar-refractivity contribution in [2.45, 2.75) is 33.2 Å². The van der Waals surface area contributed by atoms with Gasteiger partial charge in [0.1, 0.15) is 17.6 Å². The van der Waals surface area contributed by atoms with E-state index in [1.54, 1.807) is 6.07 Å². The summed E-state index contributed by atoms with van der Waals surface area (Å²) >= 11 is 1.28. The van der Waals surface area contributed by atoms with Crippen molar-refractivity contribution in [3.8, 4) is 0 Å². The van der Waals surface area contributed by atoms with Gasteiger partial charge in [0, 0.05) is 31.2 Å². The molecule has 10 heteroatoms. The topological polar surface area (TPSA) is 109 Å². The van der Waals surface area contributed by atoms with Crippen LogP contribution in [0.5, 0.6) is 0 Å². The molecule has 3 aromatic rings. The van der Waals surface area contributed by atoms with Gasteiger partial charge in [0.25, 0.3) is 5.56 Å². The first kappa shape index (κ1) is 21.9. The van der Waals surface area contributed by atoms with Gasteiger partial charge in [-0.05, 0) is 44.4 Å². The minimum Gasteiger partial charge on any atom is -0.356 e. The Bertz CT molecular complexity index is 1200. The molecule has 1 aromatic carbocycles. The molecule has 1 aliphatic rings. The van der Waals surface area contributed by atoms with Crippen LogP contribution in [0.15, 0.2) is 35.4 Å². The first-order valence-corrected chi connectivity index (χ1v) is 11.5. The highest BCUT2D eigenvalue weighted by Gasteiger charge is 2.26. The molecule has 0 aliphatic carbocycles. The highest BCUT2D eigenvalue weighted by atomic mass is 32.1. The first-order valence-electron chi connectivity index (χ1n) is 10.7. The summed E-state index contributed by atoms with van der Waals surface area (Å²) in [5.41, 5.74) is 1.83. The number of piperidine rings is 1. The van der Waals surface area contributed by atoms with Crippen molar-refractivity contribution in [2.24, 2.45) is 5.92 Å². The summed E-state index contributed by atoms with van der Waals surface area (Å²) in [6, 6.07) is 7.48. The summed E-state index contributed by atoms with van der Waals surface area (Å²) in [4.78, 5) is 48.3. The third-order valence-corrected chi connectivity index (χ3v) is 6.57. The Hall–Kier alpha value is -3.27. The van der Waals surface area contributed by atoms with E-state index in [9.17, 15) is 14.4 Å². The first-order chi connectivity index (χ1) is 15.4.